The minimum Gasteiger partial charge on any atom is -0.493 e. The maximum absolute atomic E-state index is 13.5. The van der Waals surface area contributed by atoms with Gasteiger partial charge in [0.15, 0.2) is 11.5 Å². The first kappa shape index (κ1) is 21.1. The lowest BCUT2D eigenvalue weighted by molar-refractivity contribution is -0.141. The van der Waals surface area contributed by atoms with Gasteiger partial charge < -0.3 is 14.4 Å². The largest absolute Gasteiger partial charge is 0.493 e. The van der Waals surface area contributed by atoms with Crippen LogP contribution in [0.2, 0.25) is 0 Å². The summed E-state index contributed by atoms with van der Waals surface area (Å²) in [5.41, 5.74) is 1.40. The van der Waals surface area contributed by atoms with Crippen molar-refractivity contribution in [2.24, 2.45) is 0 Å². The van der Waals surface area contributed by atoms with Gasteiger partial charge in [0.05, 0.1) is 19.1 Å². The van der Waals surface area contributed by atoms with Gasteiger partial charge in [-0.3, -0.25) is 9.59 Å². The third-order valence-electron chi connectivity index (χ3n) is 5.63. The predicted octanol–water partition coefficient (Wildman–Crippen LogP) is 3.31. The highest BCUT2D eigenvalue weighted by atomic mass is 32.1. The highest BCUT2D eigenvalue weighted by molar-refractivity contribution is 7.13. The van der Waals surface area contributed by atoms with Crippen LogP contribution < -0.4 is 15.0 Å². The second kappa shape index (κ2) is 8.19. The molecular formula is C23H25N3O4S. The molecule has 3 heterocycles. The lowest BCUT2D eigenvalue weighted by Crippen LogP contribution is -2.52. The molecule has 162 valence electrons. The number of amides is 1. The lowest BCUT2D eigenvalue weighted by atomic mass is 9.96. The third-order valence-corrected chi connectivity index (χ3v) is 6.52. The Morgan fingerprint density at radius 3 is 2.45 bits per heavy atom. The van der Waals surface area contributed by atoms with E-state index in [9.17, 15) is 9.59 Å². The number of thiophene rings is 1. The van der Waals surface area contributed by atoms with Crippen LogP contribution in [0.3, 0.4) is 0 Å². The molecule has 0 atom stereocenters. The van der Waals surface area contributed by atoms with E-state index in [1.54, 1.807) is 50.4 Å². The number of methoxy groups -OCH3 is 2. The Labute approximate surface area is 184 Å². The molecule has 2 aromatic heterocycles. The Morgan fingerprint density at radius 1 is 1.10 bits per heavy atom. The minimum atomic E-state index is -1.13. The predicted molar refractivity (Wildman–Crippen MR) is 120 cm³/mol. The number of benzene rings is 1. The number of hydrogen-bond acceptors (Lipinski definition) is 6. The fraction of sp³-hybridized carbons (Fsp3) is 0.348. The molecule has 0 spiro atoms. The van der Waals surface area contributed by atoms with Crippen molar-refractivity contribution in [2.75, 3.05) is 20.8 Å². The van der Waals surface area contributed by atoms with Crippen LogP contribution >= 0.6 is 11.3 Å². The number of fused-ring (bicyclic) bond motifs is 1. The van der Waals surface area contributed by atoms with Crippen LogP contribution in [0.15, 0.2) is 46.6 Å². The van der Waals surface area contributed by atoms with E-state index in [1.807, 2.05) is 29.6 Å². The zero-order chi connectivity index (χ0) is 22.2. The molecule has 1 aromatic carbocycles. The second-order valence-corrected chi connectivity index (χ2v) is 8.91. The average Bonchev–Trinajstić information content (AvgIpc) is 3.32. The topological polar surface area (TPSA) is 73.7 Å². The van der Waals surface area contributed by atoms with Crippen molar-refractivity contribution >= 4 is 17.2 Å². The van der Waals surface area contributed by atoms with E-state index in [0.29, 0.717) is 36.7 Å². The summed E-state index contributed by atoms with van der Waals surface area (Å²) in [7, 11) is 3.21. The smallest absolute Gasteiger partial charge is 0.267 e. The number of carbonyl (C=O) groups excluding carboxylic acids is 1. The fourth-order valence-electron chi connectivity index (χ4n) is 3.90. The van der Waals surface area contributed by atoms with Crippen molar-refractivity contribution in [3.8, 4) is 22.1 Å². The molecule has 1 aliphatic heterocycles. The molecule has 8 heteroatoms. The van der Waals surface area contributed by atoms with Gasteiger partial charge in [0.2, 0.25) is 5.91 Å². The number of nitrogens with zero attached hydrogens (tertiary/aromatic N) is 3. The first-order chi connectivity index (χ1) is 14.8. The molecular weight excluding hydrogens is 414 g/mol. The summed E-state index contributed by atoms with van der Waals surface area (Å²) in [5, 5.41) is 6.48. The van der Waals surface area contributed by atoms with Crippen molar-refractivity contribution < 1.29 is 14.3 Å². The Hall–Kier alpha value is -3.13. The molecule has 3 aromatic rings. The van der Waals surface area contributed by atoms with E-state index >= 15 is 0 Å². The number of carbonyl (C=O) groups is 1. The number of hydrogen-bond donors (Lipinski definition) is 0. The summed E-state index contributed by atoms with van der Waals surface area (Å²) in [6.45, 7) is 4.49. The van der Waals surface area contributed by atoms with E-state index in [-0.39, 0.29) is 11.5 Å². The summed E-state index contributed by atoms with van der Waals surface area (Å²) in [5.74, 6) is 1.17. The van der Waals surface area contributed by atoms with E-state index < -0.39 is 5.54 Å². The zero-order valence-electron chi connectivity index (χ0n) is 18.0. The molecule has 0 fully saturated rings. The van der Waals surface area contributed by atoms with Crippen molar-refractivity contribution in [1.29, 1.82) is 0 Å². The van der Waals surface area contributed by atoms with Crippen LogP contribution in [0.25, 0.3) is 10.6 Å². The van der Waals surface area contributed by atoms with Gasteiger partial charge in [-0.15, -0.1) is 11.3 Å². The third kappa shape index (κ3) is 3.83. The molecule has 0 N–H and O–H groups in total. The molecule has 1 amide bonds. The molecule has 0 bridgehead atoms. The van der Waals surface area contributed by atoms with Crippen LogP contribution in [0.4, 0.5) is 0 Å². The number of ether oxygens (including phenoxy) is 2. The molecule has 0 aliphatic carbocycles. The average molecular weight is 440 g/mol. The van der Waals surface area contributed by atoms with Gasteiger partial charge in [0, 0.05) is 19.2 Å². The van der Waals surface area contributed by atoms with Gasteiger partial charge in [-0.05, 0) is 61.0 Å². The van der Waals surface area contributed by atoms with Gasteiger partial charge >= 0.3 is 0 Å². The van der Waals surface area contributed by atoms with Gasteiger partial charge in [-0.25, -0.2) is 4.68 Å². The molecule has 0 unspecified atom stereocenters. The van der Waals surface area contributed by atoms with E-state index in [1.165, 1.54) is 10.7 Å². The summed E-state index contributed by atoms with van der Waals surface area (Å²) >= 11 is 1.54. The Kier molecular flexibility index (Phi) is 5.58. The zero-order valence-corrected chi connectivity index (χ0v) is 18.9. The molecule has 1 aliphatic rings. The first-order valence-electron chi connectivity index (χ1n) is 10.0. The maximum Gasteiger partial charge on any atom is 0.267 e. The summed E-state index contributed by atoms with van der Waals surface area (Å²) in [4.78, 5) is 28.9. The highest BCUT2D eigenvalue weighted by Gasteiger charge is 2.37. The summed E-state index contributed by atoms with van der Waals surface area (Å²) < 4.78 is 12.1. The van der Waals surface area contributed by atoms with Crippen LogP contribution in [0.5, 0.6) is 11.5 Å². The van der Waals surface area contributed by atoms with Crippen molar-refractivity contribution in [3.05, 3.63) is 63.3 Å². The Balaban J connectivity index is 1.64. The molecule has 7 nitrogen and oxygen atoms in total. The normalized spacial score (nSPS) is 13.6. The van der Waals surface area contributed by atoms with Gasteiger partial charge in [-0.1, -0.05) is 6.07 Å². The summed E-state index contributed by atoms with van der Waals surface area (Å²) in [6.07, 6.45) is 0.703. The van der Waals surface area contributed by atoms with E-state index in [0.717, 1.165) is 16.0 Å². The van der Waals surface area contributed by atoms with Gasteiger partial charge in [0.1, 0.15) is 11.2 Å². The molecule has 31 heavy (non-hydrogen) atoms. The van der Waals surface area contributed by atoms with Gasteiger partial charge in [0.25, 0.3) is 5.56 Å². The molecule has 0 saturated heterocycles. The van der Waals surface area contributed by atoms with Gasteiger partial charge in [-0.2, -0.15) is 5.10 Å². The lowest BCUT2D eigenvalue weighted by Gasteiger charge is -2.35. The van der Waals surface area contributed by atoms with Crippen LogP contribution in [-0.2, 0) is 23.3 Å². The first-order valence-corrected chi connectivity index (χ1v) is 10.9. The SMILES string of the molecule is COc1cc2c(cc1OC)CN(C(=O)C(C)(C)n1nc(-c3cccs3)ccc1=O)CC2. The standard InChI is InChI=1S/C23H25N3O4S/c1-23(2,26-21(27)8-7-17(24-26)20-6-5-11-31-20)22(28)25-10-9-15-12-18(29-3)19(30-4)13-16(15)14-25/h5-8,11-13H,9-10,14H2,1-4H3. The van der Waals surface area contributed by atoms with Crippen molar-refractivity contribution in [2.45, 2.75) is 32.4 Å². The van der Waals surface area contributed by atoms with Crippen LogP contribution in [-0.4, -0.2) is 41.4 Å². The van der Waals surface area contributed by atoms with Crippen LogP contribution in [0.1, 0.15) is 25.0 Å². The van der Waals surface area contributed by atoms with Crippen molar-refractivity contribution in [3.63, 3.8) is 0 Å². The summed E-state index contributed by atoms with van der Waals surface area (Å²) in [6, 6.07) is 10.9. The van der Waals surface area contributed by atoms with E-state index in [4.69, 9.17) is 9.47 Å². The Morgan fingerprint density at radius 2 is 1.81 bits per heavy atom. The quantitative estimate of drug-likeness (QED) is 0.610. The fourth-order valence-corrected chi connectivity index (χ4v) is 4.59. The monoisotopic (exact) mass is 439 g/mol. The van der Waals surface area contributed by atoms with E-state index in [2.05, 4.69) is 5.10 Å². The molecule has 0 radical (unpaired) electrons. The minimum absolute atomic E-state index is 0.147. The maximum atomic E-state index is 13.5. The number of rotatable bonds is 5. The van der Waals surface area contributed by atoms with Crippen molar-refractivity contribution in [1.82, 2.24) is 14.7 Å². The van der Waals surface area contributed by atoms with Crippen LogP contribution in [0, 0.1) is 0 Å². The molecule has 0 saturated carbocycles. The molecule has 4 rings (SSSR count). The highest BCUT2D eigenvalue weighted by Crippen LogP contribution is 2.34. The number of aromatic nitrogens is 2. The second-order valence-electron chi connectivity index (χ2n) is 7.96. The Bertz CT molecular complexity index is 1170.